The largest absolute Gasteiger partial charge is 0.449 e. The van der Waals surface area contributed by atoms with Gasteiger partial charge < -0.3 is 29.6 Å². The highest BCUT2D eigenvalue weighted by molar-refractivity contribution is 5.68. The fraction of sp³-hybridized carbons (Fsp3) is 0.591. The SMILES string of the molecule is CN1CCC(c2nc(Nc3cc(NCCCN4CCCOC4=O)c(C(F)(F)F)cn3)co2)CC1. The van der Waals surface area contributed by atoms with Crippen LogP contribution in [-0.4, -0.2) is 72.2 Å². The van der Waals surface area contributed by atoms with E-state index in [1.165, 1.54) is 12.3 Å². The number of amides is 1. The Morgan fingerprint density at radius 2 is 2.00 bits per heavy atom. The monoisotopic (exact) mass is 482 g/mol. The van der Waals surface area contributed by atoms with Crippen molar-refractivity contribution in [2.45, 2.75) is 37.8 Å². The van der Waals surface area contributed by atoms with Crippen LogP contribution < -0.4 is 10.6 Å². The second-order valence-electron chi connectivity index (χ2n) is 8.62. The number of rotatable bonds is 8. The summed E-state index contributed by atoms with van der Waals surface area (Å²) in [5.41, 5.74) is -0.951. The molecule has 2 aromatic heterocycles. The van der Waals surface area contributed by atoms with E-state index in [1.807, 2.05) is 0 Å². The lowest BCUT2D eigenvalue weighted by atomic mass is 9.97. The van der Waals surface area contributed by atoms with Gasteiger partial charge in [-0.2, -0.15) is 18.2 Å². The summed E-state index contributed by atoms with van der Waals surface area (Å²) in [6.07, 6.45) is 0.419. The van der Waals surface area contributed by atoms with Gasteiger partial charge >= 0.3 is 12.3 Å². The summed E-state index contributed by atoms with van der Waals surface area (Å²) < 4.78 is 51.1. The number of cyclic esters (lactones) is 1. The van der Waals surface area contributed by atoms with Crippen LogP contribution >= 0.6 is 0 Å². The van der Waals surface area contributed by atoms with E-state index in [0.29, 0.717) is 37.8 Å². The lowest BCUT2D eigenvalue weighted by Crippen LogP contribution is -2.38. The maximum atomic E-state index is 13.5. The summed E-state index contributed by atoms with van der Waals surface area (Å²) in [5, 5.41) is 5.77. The number of anilines is 3. The van der Waals surface area contributed by atoms with Gasteiger partial charge in [0.25, 0.3) is 0 Å². The molecule has 9 nitrogen and oxygen atoms in total. The third-order valence-corrected chi connectivity index (χ3v) is 6.03. The van der Waals surface area contributed by atoms with Crippen LogP contribution in [-0.2, 0) is 10.9 Å². The van der Waals surface area contributed by atoms with Gasteiger partial charge in [-0.15, -0.1) is 0 Å². The van der Waals surface area contributed by atoms with Crippen LogP contribution in [0.1, 0.15) is 43.1 Å². The van der Waals surface area contributed by atoms with Crippen LogP contribution in [0.4, 0.5) is 35.3 Å². The molecule has 0 unspecified atom stereocenters. The Balaban J connectivity index is 1.38. The third-order valence-electron chi connectivity index (χ3n) is 6.03. The van der Waals surface area contributed by atoms with Crippen LogP contribution in [0.25, 0.3) is 0 Å². The van der Waals surface area contributed by atoms with Crippen molar-refractivity contribution in [2.75, 3.05) is 57.0 Å². The van der Waals surface area contributed by atoms with E-state index in [1.54, 1.807) is 4.90 Å². The van der Waals surface area contributed by atoms with Crippen LogP contribution in [0.3, 0.4) is 0 Å². The number of halogens is 3. The van der Waals surface area contributed by atoms with Gasteiger partial charge in [0, 0.05) is 37.8 Å². The first-order chi connectivity index (χ1) is 16.3. The number of pyridine rings is 1. The zero-order chi connectivity index (χ0) is 24.1. The average Bonchev–Trinajstić information content (AvgIpc) is 3.26. The number of likely N-dealkylation sites (tertiary alicyclic amines) is 1. The normalized spacial score (nSPS) is 18.1. The summed E-state index contributed by atoms with van der Waals surface area (Å²) in [6.45, 7) is 3.57. The van der Waals surface area contributed by atoms with Crippen molar-refractivity contribution in [3.63, 3.8) is 0 Å². The maximum absolute atomic E-state index is 13.5. The molecule has 0 atom stereocenters. The molecule has 2 aliphatic heterocycles. The molecule has 0 bridgehead atoms. The van der Waals surface area contributed by atoms with E-state index in [-0.39, 0.29) is 30.1 Å². The number of piperidine rings is 1. The predicted molar refractivity (Wildman–Crippen MR) is 119 cm³/mol. The minimum atomic E-state index is -4.56. The quantitative estimate of drug-likeness (QED) is 0.538. The van der Waals surface area contributed by atoms with Crippen molar-refractivity contribution in [1.82, 2.24) is 19.8 Å². The number of carbonyl (C=O) groups excluding carboxylic acids is 1. The highest BCUT2D eigenvalue weighted by atomic mass is 19.4. The van der Waals surface area contributed by atoms with Crippen molar-refractivity contribution in [1.29, 1.82) is 0 Å². The van der Waals surface area contributed by atoms with Crippen molar-refractivity contribution in [3.05, 3.63) is 30.0 Å². The number of nitrogens with one attached hydrogen (secondary N) is 2. The Kier molecular flexibility index (Phi) is 7.44. The smallest absolute Gasteiger partial charge is 0.419 e. The molecule has 34 heavy (non-hydrogen) atoms. The van der Waals surface area contributed by atoms with Gasteiger partial charge in [0.1, 0.15) is 12.1 Å². The van der Waals surface area contributed by atoms with Gasteiger partial charge in [0.2, 0.25) is 0 Å². The first-order valence-corrected chi connectivity index (χ1v) is 11.4. The van der Waals surface area contributed by atoms with Crippen LogP contribution in [0.5, 0.6) is 0 Å². The highest BCUT2D eigenvalue weighted by Gasteiger charge is 2.34. The predicted octanol–water partition coefficient (Wildman–Crippen LogP) is 4.29. The molecule has 0 radical (unpaired) electrons. The molecule has 4 rings (SSSR count). The first-order valence-electron chi connectivity index (χ1n) is 11.4. The van der Waals surface area contributed by atoms with Crippen LogP contribution in [0.15, 0.2) is 22.9 Å². The molecule has 0 spiro atoms. The molecular formula is C22H29F3N6O3. The lowest BCUT2D eigenvalue weighted by molar-refractivity contribution is -0.137. The Bertz CT molecular complexity index is 975. The maximum Gasteiger partial charge on any atom is 0.419 e. The number of alkyl halides is 3. The molecule has 0 aliphatic carbocycles. The van der Waals surface area contributed by atoms with Gasteiger partial charge in [-0.25, -0.2) is 9.78 Å². The molecule has 12 heteroatoms. The molecule has 4 heterocycles. The third kappa shape index (κ3) is 6.10. The molecule has 2 aromatic rings. The van der Waals surface area contributed by atoms with Gasteiger partial charge in [0.05, 0.1) is 17.9 Å². The van der Waals surface area contributed by atoms with E-state index >= 15 is 0 Å². The second kappa shape index (κ2) is 10.5. The number of ether oxygens (including phenoxy) is 1. The number of nitrogens with zero attached hydrogens (tertiary/aromatic N) is 4. The fourth-order valence-corrected chi connectivity index (χ4v) is 4.11. The zero-order valence-corrected chi connectivity index (χ0v) is 19.0. The number of carbonyl (C=O) groups is 1. The van der Waals surface area contributed by atoms with Gasteiger partial charge in [0.15, 0.2) is 11.7 Å². The van der Waals surface area contributed by atoms with E-state index in [4.69, 9.17) is 9.15 Å². The molecule has 2 aliphatic rings. The van der Waals surface area contributed by atoms with Crippen molar-refractivity contribution in [2.24, 2.45) is 0 Å². The van der Waals surface area contributed by atoms with Crippen molar-refractivity contribution >= 4 is 23.4 Å². The van der Waals surface area contributed by atoms with Gasteiger partial charge in [-0.1, -0.05) is 0 Å². The Morgan fingerprint density at radius 1 is 1.21 bits per heavy atom. The van der Waals surface area contributed by atoms with Gasteiger partial charge in [-0.05, 0) is 45.8 Å². The molecule has 0 saturated carbocycles. The molecular weight excluding hydrogens is 453 g/mol. The number of oxazole rings is 1. The van der Waals surface area contributed by atoms with E-state index in [0.717, 1.165) is 38.5 Å². The molecule has 1 amide bonds. The Morgan fingerprint density at radius 3 is 2.74 bits per heavy atom. The molecule has 2 N–H and O–H groups in total. The zero-order valence-electron chi connectivity index (χ0n) is 19.0. The van der Waals surface area contributed by atoms with E-state index in [9.17, 15) is 18.0 Å². The standard InChI is InChI=1S/C22H29F3N6O3/c1-30-9-4-15(5-10-30)20-29-19(14-34-20)28-18-12-17(16(13-27-18)22(23,24)25)26-6-2-7-31-8-3-11-33-21(31)32/h12-15H,2-11H2,1H3,(H2,26,27,28). The van der Waals surface area contributed by atoms with E-state index < -0.39 is 11.7 Å². The van der Waals surface area contributed by atoms with E-state index in [2.05, 4.69) is 32.5 Å². The first kappa shape index (κ1) is 24.1. The highest BCUT2D eigenvalue weighted by Crippen LogP contribution is 2.36. The van der Waals surface area contributed by atoms with Gasteiger partial charge in [-0.3, -0.25) is 0 Å². The Hall–Kier alpha value is -3.02. The number of aromatic nitrogens is 2. The molecule has 2 saturated heterocycles. The summed E-state index contributed by atoms with van der Waals surface area (Å²) in [4.78, 5) is 23.9. The fourth-order valence-electron chi connectivity index (χ4n) is 4.11. The summed E-state index contributed by atoms with van der Waals surface area (Å²) >= 11 is 0. The number of hydrogen-bond acceptors (Lipinski definition) is 8. The minimum Gasteiger partial charge on any atom is -0.449 e. The average molecular weight is 483 g/mol. The second-order valence-corrected chi connectivity index (χ2v) is 8.62. The Labute approximate surface area is 195 Å². The minimum absolute atomic E-state index is 0.0924. The van der Waals surface area contributed by atoms with Crippen LogP contribution in [0.2, 0.25) is 0 Å². The van der Waals surface area contributed by atoms with Crippen molar-refractivity contribution < 1.29 is 27.1 Å². The molecule has 2 fully saturated rings. The summed E-state index contributed by atoms with van der Waals surface area (Å²) in [7, 11) is 2.07. The lowest BCUT2D eigenvalue weighted by Gasteiger charge is -2.26. The summed E-state index contributed by atoms with van der Waals surface area (Å²) in [5.74, 6) is 1.47. The molecule has 0 aromatic carbocycles. The summed E-state index contributed by atoms with van der Waals surface area (Å²) in [6, 6.07) is 1.31. The molecule has 186 valence electrons. The van der Waals surface area contributed by atoms with Crippen LogP contribution in [0, 0.1) is 0 Å². The topological polar surface area (TPSA) is 95.8 Å². The number of hydrogen-bond donors (Lipinski definition) is 2. The van der Waals surface area contributed by atoms with Crippen molar-refractivity contribution in [3.8, 4) is 0 Å².